The maximum absolute atomic E-state index is 12.1. The van der Waals surface area contributed by atoms with Gasteiger partial charge in [-0.15, -0.1) is 0 Å². The molecule has 2 rings (SSSR count). The molecule has 0 aliphatic carbocycles. The Morgan fingerprint density at radius 3 is 3.11 bits per heavy atom. The standard InChI is InChI=1S/C14H19BrN2O2/c1-3-19-14(18)11-6-4-5-9-17(11)13-12(15)10(2)7-8-16-13/h7-8,11H,3-6,9H2,1-2H3. The van der Waals surface area contributed by atoms with Crippen LogP contribution in [0.2, 0.25) is 0 Å². The topological polar surface area (TPSA) is 42.4 Å². The highest BCUT2D eigenvalue weighted by molar-refractivity contribution is 9.10. The normalized spacial score (nSPS) is 19.3. The number of halogens is 1. The van der Waals surface area contributed by atoms with E-state index in [-0.39, 0.29) is 12.0 Å². The highest BCUT2D eigenvalue weighted by Crippen LogP contribution is 2.31. The average molecular weight is 327 g/mol. The van der Waals surface area contributed by atoms with Crippen LogP contribution >= 0.6 is 15.9 Å². The van der Waals surface area contributed by atoms with Gasteiger partial charge in [-0.05, 0) is 60.7 Å². The monoisotopic (exact) mass is 326 g/mol. The van der Waals surface area contributed by atoms with Crippen molar-refractivity contribution in [1.82, 2.24) is 4.98 Å². The summed E-state index contributed by atoms with van der Waals surface area (Å²) in [5, 5.41) is 0. The number of anilines is 1. The second-order valence-corrected chi connectivity index (χ2v) is 5.52. The molecule has 0 spiro atoms. The molecular weight excluding hydrogens is 308 g/mol. The van der Waals surface area contributed by atoms with Gasteiger partial charge in [0.15, 0.2) is 0 Å². The zero-order valence-corrected chi connectivity index (χ0v) is 12.9. The van der Waals surface area contributed by atoms with Crippen molar-refractivity contribution in [3.8, 4) is 0 Å². The predicted molar refractivity (Wildman–Crippen MR) is 78.3 cm³/mol. The Morgan fingerprint density at radius 2 is 2.37 bits per heavy atom. The van der Waals surface area contributed by atoms with Gasteiger partial charge in [-0.2, -0.15) is 0 Å². The quantitative estimate of drug-likeness (QED) is 0.800. The van der Waals surface area contributed by atoms with Gasteiger partial charge >= 0.3 is 5.97 Å². The number of rotatable bonds is 3. The van der Waals surface area contributed by atoms with Gasteiger partial charge in [0.1, 0.15) is 11.9 Å². The molecule has 1 fully saturated rings. The lowest BCUT2D eigenvalue weighted by Gasteiger charge is -2.35. The van der Waals surface area contributed by atoms with Crippen molar-refractivity contribution >= 4 is 27.7 Å². The van der Waals surface area contributed by atoms with Gasteiger partial charge in [0.2, 0.25) is 0 Å². The summed E-state index contributed by atoms with van der Waals surface area (Å²) in [6.45, 7) is 5.13. The summed E-state index contributed by atoms with van der Waals surface area (Å²) in [6, 6.07) is 1.75. The molecule has 104 valence electrons. The lowest BCUT2D eigenvalue weighted by molar-refractivity contribution is -0.145. The van der Waals surface area contributed by atoms with E-state index in [1.165, 1.54) is 0 Å². The molecule has 0 aromatic carbocycles. The minimum Gasteiger partial charge on any atom is -0.464 e. The van der Waals surface area contributed by atoms with E-state index in [1.54, 1.807) is 6.20 Å². The summed E-state index contributed by atoms with van der Waals surface area (Å²) in [5.74, 6) is 0.704. The van der Waals surface area contributed by atoms with Crippen molar-refractivity contribution in [2.24, 2.45) is 0 Å². The van der Waals surface area contributed by atoms with Crippen LogP contribution in [0, 0.1) is 6.92 Å². The Balaban J connectivity index is 2.29. The molecule has 1 aliphatic heterocycles. The third-order valence-electron chi connectivity index (χ3n) is 3.40. The summed E-state index contributed by atoms with van der Waals surface area (Å²) in [6.07, 6.45) is 4.76. The SMILES string of the molecule is CCOC(=O)C1CCCCN1c1nccc(C)c1Br. The van der Waals surface area contributed by atoms with Crippen LogP contribution in [0.4, 0.5) is 5.82 Å². The molecule has 1 aliphatic rings. The molecule has 1 aromatic heterocycles. The fourth-order valence-electron chi connectivity index (χ4n) is 2.39. The Morgan fingerprint density at radius 1 is 1.58 bits per heavy atom. The van der Waals surface area contributed by atoms with Crippen molar-refractivity contribution in [1.29, 1.82) is 0 Å². The van der Waals surface area contributed by atoms with E-state index in [9.17, 15) is 4.79 Å². The minimum absolute atomic E-state index is 0.141. The molecule has 19 heavy (non-hydrogen) atoms. The van der Waals surface area contributed by atoms with Crippen LogP contribution in [0.5, 0.6) is 0 Å². The molecule has 0 bridgehead atoms. The first-order valence-corrected chi connectivity index (χ1v) is 7.48. The van der Waals surface area contributed by atoms with Crippen LogP contribution in [-0.4, -0.2) is 30.1 Å². The van der Waals surface area contributed by atoms with Crippen molar-refractivity contribution in [2.45, 2.75) is 39.2 Å². The first-order chi connectivity index (χ1) is 9.15. The maximum atomic E-state index is 12.1. The van der Waals surface area contributed by atoms with Crippen molar-refractivity contribution in [3.63, 3.8) is 0 Å². The average Bonchev–Trinajstić information content (AvgIpc) is 2.42. The van der Waals surface area contributed by atoms with Gasteiger partial charge in [0.05, 0.1) is 11.1 Å². The van der Waals surface area contributed by atoms with Crippen LogP contribution in [0.15, 0.2) is 16.7 Å². The Bertz CT molecular complexity index is 465. The number of carbonyl (C=O) groups is 1. The first-order valence-electron chi connectivity index (χ1n) is 6.69. The lowest BCUT2D eigenvalue weighted by Crippen LogP contribution is -2.46. The highest BCUT2D eigenvalue weighted by atomic mass is 79.9. The van der Waals surface area contributed by atoms with E-state index in [4.69, 9.17) is 4.74 Å². The Hall–Kier alpha value is -1.10. The van der Waals surface area contributed by atoms with E-state index < -0.39 is 0 Å². The molecule has 4 nitrogen and oxygen atoms in total. The number of aromatic nitrogens is 1. The van der Waals surface area contributed by atoms with Crippen LogP contribution in [0.1, 0.15) is 31.7 Å². The molecule has 2 heterocycles. The van der Waals surface area contributed by atoms with E-state index in [0.29, 0.717) is 6.61 Å². The first kappa shape index (κ1) is 14.3. The molecule has 0 radical (unpaired) electrons. The van der Waals surface area contributed by atoms with Gasteiger partial charge in [0.25, 0.3) is 0 Å². The summed E-state index contributed by atoms with van der Waals surface area (Å²) >= 11 is 3.58. The number of carbonyl (C=O) groups excluding carboxylic acids is 1. The van der Waals surface area contributed by atoms with Crippen LogP contribution in [0.25, 0.3) is 0 Å². The summed E-state index contributed by atoms with van der Waals surface area (Å²) in [4.78, 5) is 18.6. The molecule has 0 saturated carbocycles. The fraction of sp³-hybridized carbons (Fsp3) is 0.571. The number of pyridine rings is 1. The number of aryl methyl sites for hydroxylation is 1. The van der Waals surface area contributed by atoms with Crippen LogP contribution in [-0.2, 0) is 9.53 Å². The van der Waals surface area contributed by atoms with E-state index in [2.05, 4.69) is 25.8 Å². The van der Waals surface area contributed by atoms with Crippen molar-refractivity contribution in [2.75, 3.05) is 18.1 Å². The summed E-state index contributed by atoms with van der Waals surface area (Å²) in [5.41, 5.74) is 1.12. The number of piperidine rings is 1. The Kier molecular flexibility index (Phi) is 4.80. The van der Waals surface area contributed by atoms with E-state index in [1.807, 2.05) is 19.9 Å². The molecular formula is C14H19BrN2O2. The van der Waals surface area contributed by atoms with Gasteiger partial charge in [-0.3, -0.25) is 0 Å². The van der Waals surface area contributed by atoms with Gasteiger partial charge in [0, 0.05) is 12.7 Å². The molecule has 0 amide bonds. The predicted octanol–water partition coefficient (Wildman–Crippen LogP) is 3.07. The molecule has 1 saturated heterocycles. The molecule has 0 N–H and O–H groups in total. The van der Waals surface area contributed by atoms with E-state index >= 15 is 0 Å². The minimum atomic E-state index is -0.209. The number of ether oxygens (including phenoxy) is 1. The third-order valence-corrected chi connectivity index (χ3v) is 4.38. The third kappa shape index (κ3) is 3.08. The van der Waals surface area contributed by atoms with Crippen molar-refractivity contribution < 1.29 is 9.53 Å². The van der Waals surface area contributed by atoms with Crippen LogP contribution < -0.4 is 4.90 Å². The van der Waals surface area contributed by atoms with Crippen LogP contribution in [0.3, 0.4) is 0 Å². The molecule has 1 aromatic rings. The molecule has 5 heteroatoms. The van der Waals surface area contributed by atoms with Gasteiger partial charge in [-0.1, -0.05) is 0 Å². The maximum Gasteiger partial charge on any atom is 0.328 e. The summed E-state index contributed by atoms with van der Waals surface area (Å²) < 4.78 is 6.14. The number of nitrogens with zero attached hydrogens (tertiary/aromatic N) is 2. The lowest BCUT2D eigenvalue weighted by atomic mass is 10.0. The van der Waals surface area contributed by atoms with Gasteiger partial charge < -0.3 is 9.64 Å². The highest BCUT2D eigenvalue weighted by Gasteiger charge is 2.31. The fourth-order valence-corrected chi connectivity index (χ4v) is 2.86. The van der Waals surface area contributed by atoms with Gasteiger partial charge in [-0.25, -0.2) is 9.78 Å². The second kappa shape index (κ2) is 6.37. The number of hydrogen-bond acceptors (Lipinski definition) is 4. The molecule has 1 atom stereocenters. The Labute approximate surface area is 122 Å². The zero-order chi connectivity index (χ0) is 13.8. The largest absolute Gasteiger partial charge is 0.464 e. The summed E-state index contributed by atoms with van der Waals surface area (Å²) in [7, 11) is 0. The smallest absolute Gasteiger partial charge is 0.328 e. The second-order valence-electron chi connectivity index (χ2n) is 4.72. The van der Waals surface area contributed by atoms with E-state index in [0.717, 1.165) is 41.7 Å². The van der Waals surface area contributed by atoms with Crippen molar-refractivity contribution in [3.05, 3.63) is 22.3 Å². The number of esters is 1. The zero-order valence-electron chi connectivity index (χ0n) is 11.4. The number of hydrogen-bond donors (Lipinski definition) is 0. The molecule has 1 unspecified atom stereocenters.